The molecule has 1 aromatic carbocycles. The van der Waals surface area contributed by atoms with Crippen LogP contribution in [0.5, 0.6) is 11.5 Å². The summed E-state index contributed by atoms with van der Waals surface area (Å²) in [5, 5.41) is 0. The van der Waals surface area contributed by atoms with Gasteiger partial charge in [-0.2, -0.15) is 4.31 Å². The summed E-state index contributed by atoms with van der Waals surface area (Å²) < 4.78 is 36.0. The molecule has 2 fully saturated rings. The molecule has 0 unspecified atom stereocenters. The normalized spacial score (nSPS) is 18.8. The van der Waals surface area contributed by atoms with Crippen molar-refractivity contribution in [2.24, 2.45) is 0 Å². The minimum Gasteiger partial charge on any atom is -0.497 e. The lowest BCUT2D eigenvalue weighted by molar-refractivity contribution is 0.0143. The van der Waals surface area contributed by atoms with Crippen molar-refractivity contribution >= 4 is 15.8 Å². The summed E-state index contributed by atoms with van der Waals surface area (Å²) in [6.45, 7) is 4.95. The van der Waals surface area contributed by atoms with E-state index in [2.05, 4.69) is 26.9 Å². The minimum atomic E-state index is -3.12. The van der Waals surface area contributed by atoms with E-state index in [1.165, 1.54) is 16.1 Å². The predicted molar refractivity (Wildman–Crippen MR) is 116 cm³/mol. The second-order valence-electron chi connectivity index (χ2n) is 7.78. The molecule has 0 atom stereocenters. The third-order valence-corrected chi connectivity index (χ3v) is 6.85. The number of anilines is 1. The second-order valence-corrected chi connectivity index (χ2v) is 9.77. The van der Waals surface area contributed by atoms with E-state index in [4.69, 9.17) is 9.47 Å². The van der Waals surface area contributed by atoms with E-state index in [-0.39, 0.29) is 6.10 Å². The molecule has 0 saturated carbocycles. The van der Waals surface area contributed by atoms with Crippen molar-refractivity contribution < 1.29 is 17.9 Å². The number of sulfonamides is 1. The number of aromatic nitrogens is 1. The first kappa shape index (κ1) is 20.9. The molecule has 8 nitrogen and oxygen atoms in total. The van der Waals surface area contributed by atoms with Crippen molar-refractivity contribution in [2.75, 3.05) is 57.5 Å². The van der Waals surface area contributed by atoms with Gasteiger partial charge in [0.1, 0.15) is 23.4 Å². The Hall–Kier alpha value is -2.36. The zero-order chi connectivity index (χ0) is 21.1. The maximum absolute atomic E-state index is 11.6. The van der Waals surface area contributed by atoms with Crippen LogP contribution in [0.4, 0.5) is 5.82 Å². The summed E-state index contributed by atoms with van der Waals surface area (Å²) in [7, 11) is -1.45. The zero-order valence-electron chi connectivity index (χ0n) is 17.4. The van der Waals surface area contributed by atoms with Crippen molar-refractivity contribution in [2.45, 2.75) is 12.6 Å². The van der Waals surface area contributed by atoms with Crippen LogP contribution in [-0.2, 0) is 16.6 Å². The zero-order valence-corrected chi connectivity index (χ0v) is 18.2. The van der Waals surface area contributed by atoms with Gasteiger partial charge in [-0.05, 0) is 29.8 Å². The predicted octanol–water partition coefficient (Wildman–Crippen LogP) is 1.44. The van der Waals surface area contributed by atoms with Crippen LogP contribution in [-0.4, -0.2) is 81.3 Å². The maximum Gasteiger partial charge on any atom is 0.211 e. The number of pyridine rings is 1. The molecule has 2 saturated heterocycles. The first-order chi connectivity index (χ1) is 14.4. The average Bonchev–Trinajstić information content (AvgIpc) is 2.73. The van der Waals surface area contributed by atoms with Gasteiger partial charge in [0.15, 0.2) is 0 Å². The van der Waals surface area contributed by atoms with Gasteiger partial charge in [-0.25, -0.2) is 13.4 Å². The second kappa shape index (κ2) is 8.79. The fraction of sp³-hybridized carbons (Fsp3) is 0.476. The molecule has 0 bridgehead atoms. The number of ether oxygens (including phenoxy) is 2. The van der Waals surface area contributed by atoms with Gasteiger partial charge < -0.3 is 14.4 Å². The monoisotopic (exact) mass is 432 g/mol. The Balaban J connectivity index is 1.22. The quantitative estimate of drug-likeness (QED) is 0.655. The van der Waals surface area contributed by atoms with Gasteiger partial charge >= 0.3 is 0 Å². The van der Waals surface area contributed by atoms with E-state index < -0.39 is 10.0 Å². The van der Waals surface area contributed by atoms with Crippen LogP contribution in [0, 0.1) is 0 Å². The van der Waals surface area contributed by atoms with Gasteiger partial charge in [-0.15, -0.1) is 0 Å². The molecule has 0 radical (unpaired) electrons. The molecule has 9 heteroatoms. The standard InChI is InChI=1S/C21H28N4O4S/c1-28-18-5-3-17(4-6-18)14-23-15-20(16-23)29-19-7-8-21(22-13-19)24-9-11-25(12-10-24)30(2,26)27/h3-8,13,20H,9-12,14-16H2,1-2H3. The number of nitrogens with zero attached hydrogens (tertiary/aromatic N) is 4. The van der Waals surface area contributed by atoms with Crippen molar-refractivity contribution in [3.05, 3.63) is 48.2 Å². The molecule has 2 aromatic rings. The molecule has 0 N–H and O–H groups in total. The highest BCUT2D eigenvalue weighted by atomic mass is 32.2. The highest BCUT2D eigenvalue weighted by Crippen LogP contribution is 2.23. The third-order valence-electron chi connectivity index (χ3n) is 5.54. The number of piperazine rings is 1. The topological polar surface area (TPSA) is 75.2 Å². The molecule has 162 valence electrons. The maximum atomic E-state index is 11.6. The fourth-order valence-electron chi connectivity index (χ4n) is 3.79. The van der Waals surface area contributed by atoms with Crippen molar-refractivity contribution in [1.82, 2.24) is 14.2 Å². The number of hydrogen-bond acceptors (Lipinski definition) is 7. The summed E-state index contributed by atoms with van der Waals surface area (Å²) in [6.07, 6.45) is 3.19. The smallest absolute Gasteiger partial charge is 0.211 e. The molecule has 2 aliphatic heterocycles. The lowest BCUT2D eigenvalue weighted by atomic mass is 10.1. The first-order valence-electron chi connectivity index (χ1n) is 10.1. The van der Waals surface area contributed by atoms with Crippen LogP contribution in [0.1, 0.15) is 5.56 Å². The lowest BCUT2D eigenvalue weighted by Gasteiger charge is -2.39. The summed E-state index contributed by atoms with van der Waals surface area (Å²) in [6, 6.07) is 12.0. The van der Waals surface area contributed by atoms with Crippen molar-refractivity contribution in [3.8, 4) is 11.5 Å². The summed E-state index contributed by atoms with van der Waals surface area (Å²) in [5.41, 5.74) is 1.26. The van der Waals surface area contributed by atoms with Gasteiger partial charge in [0.2, 0.25) is 10.0 Å². The lowest BCUT2D eigenvalue weighted by Crippen LogP contribution is -2.53. The molecule has 1 aromatic heterocycles. The van der Waals surface area contributed by atoms with Crippen LogP contribution in [0.15, 0.2) is 42.6 Å². The number of benzene rings is 1. The third kappa shape index (κ3) is 5.03. The number of likely N-dealkylation sites (tertiary alicyclic amines) is 1. The van der Waals surface area contributed by atoms with E-state index in [9.17, 15) is 8.42 Å². The molecule has 4 rings (SSSR count). The van der Waals surface area contributed by atoms with Crippen molar-refractivity contribution in [3.63, 3.8) is 0 Å². The van der Waals surface area contributed by atoms with Gasteiger partial charge in [0, 0.05) is 45.8 Å². The molecule has 2 aliphatic rings. The average molecular weight is 433 g/mol. The van der Waals surface area contributed by atoms with Crippen LogP contribution >= 0.6 is 0 Å². The highest BCUT2D eigenvalue weighted by Gasteiger charge is 2.28. The number of rotatable bonds is 7. The largest absolute Gasteiger partial charge is 0.497 e. The van der Waals surface area contributed by atoms with Crippen LogP contribution < -0.4 is 14.4 Å². The Kier molecular flexibility index (Phi) is 6.12. The number of methoxy groups -OCH3 is 1. The van der Waals surface area contributed by atoms with Crippen molar-refractivity contribution in [1.29, 1.82) is 0 Å². The molecule has 3 heterocycles. The SMILES string of the molecule is COc1ccc(CN2CC(Oc3ccc(N4CCN(S(C)(=O)=O)CC4)nc3)C2)cc1. The Morgan fingerprint density at radius 1 is 1.00 bits per heavy atom. The van der Waals surface area contributed by atoms with E-state index in [0.29, 0.717) is 26.2 Å². The molecular formula is C21H28N4O4S. The Morgan fingerprint density at radius 2 is 1.67 bits per heavy atom. The Labute approximate surface area is 178 Å². The highest BCUT2D eigenvalue weighted by molar-refractivity contribution is 7.88. The molecule has 0 spiro atoms. The van der Waals surface area contributed by atoms with Gasteiger partial charge in [0.25, 0.3) is 0 Å². The summed E-state index contributed by atoms with van der Waals surface area (Å²) in [4.78, 5) is 8.96. The Bertz CT molecular complexity index is 936. The van der Waals surface area contributed by atoms with Crippen LogP contribution in [0.2, 0.25) is 0 Å². The molecular weight excluding hydrogens is 404 g/mol. The summed E-state index contributed by atoms with van der Waals surface area (Å²) >= 11 is 0. The summed E-state index contributed by atoms with van der Waals surface area (Å²) in [5.74, 6) is 2.49. The molecule has 30 heavy (non-hydrogen) atoms. The van der Waals surface area contributed by atoms with Gasteiger partial charge in [-0.3, -0.25) is 4.90 Å². The van der Waals surface area contributed by atoms with Gasteiger partial charge in [-0.1, -0.05) is 12.1 Å². The van der Waals surface area contributed by atoms with E-state index in [1.807, 2.05) is 24.3 Å². The minimum absolute atomic E-state index is 0.175. The Morgan fingerprint density at radius 3 is 2.23 bits per heavy atom. The van der Waals surface area contributed by atoms with Gasteiger partial charge in [0.05, 0.1) is 19.6 Å². The van der Waals surface area contributed by atoms with Crippen LogP contribution in [0.25, 0.3) is 0 Å². The van der Waals surface area contributed by atoms with E-state index in [0.717, 1.165) is 37.0 Å². The van der Waals surface area contributed by atoms with E-state index in [1.54, 1.807) is 13.3 Å². The van der Waals surface area contributed by atoms with E-state index >= 15 is 0 Å². The number of hydrogen-bond donors (Lipinski definition) is 0. The molecule has 0 amide bonds. The fourth-order valence-corrected chi connectivity index (χ4v) is 4.61. The first-order valence-corrected chi connectivity index (χ1v) is 11.9. The molecule has 0 aliphatic carbocycles. The van der Waals surface area contributed by atoms with Crippen LogP contribution in [0.3, 0.4) is 0 Å².